The third-order valence-corrected chi connectivity index (χ3v) is 4.54. The van der Waals surface area contributed by atoms with Gasteiger partial charge in [0.2, 0.25) is 0 Å². The summed E-state index contributed by atoms with van der Waals surface area (Å²) in [5.74, 6) is 0.761. The first-order valence-electron chi connectivity index (χ1n) is 9.29. The number of carbonyl (C=O) groups is 1. The largest absolute Gasteiger partial charge is 0.495 e. The monoisotopic (exact) mass is 368 g/mol. The molecule has 6 heteroatoms. The predicted molar refractivity (Wildman–Crippen MR) is 109 cm³/mol. The minimum atomic E-state index is -0.272. The van der Waals surface area contributed by atoms with Crippen LogP contribution >= 0.6 is 0 Å². The fourth-order valence-electron chi connectivity index (χ4n) is 3.21. The molecule has 1 fully saturated rings. The summed E-state index contributed by atoms with van der Waals surface area (Å²) in [5.41, 5.74) is 2.35. The summed E-state index contributed by atoms with van der Waals surface area (Å²) >= 11 is 0. The van der Waals surface area contributed by atoms with Gasteiger partial charge in [0.25, 0.3) is 5.91 Å². The quantitative estimate of drug-likeness (QED) is 0.899. The summed E-state index contributed by atoms with van der Waals surface area (Å²) in [5, 5.41) is 2.94. The van der Waals surface area contributed by atoms with Crippen LogP contribution in [0.5, 0.6) is 5.75 Å². The Balaban J connectivity index is 1.62. The Hall–Kier alpha value is -2.76. The number of ether oxygens (including phenoxy) is 1. The molecule has 0 unspecified atom stereocenters. The van der Waals surface area contributed by atoms with Gasteiger partial charge in [0.1, 0.15) is 11.4 Å². The van der Waals surface area contributed by atoms with Crippen LogP contribution < -0.4 is 19.9 Å². The van der Waals surface area contributed by atoms with Gasteiger partial charge < -0.3 is 19.9 Å². The topological polar surface area (TPSA) is 57.7 Å². The number of methoxy groups -OCH3 is 1. The van der Waals surface area contributed by atoms with Gasteiger partial charge in [-0.1, -0.05) is 12.1 Å². The number of amides is 1. The molecule has 1 amide bonds. The van der Waals surface area contributed by atoms with Crippen molar-refractivity contribution in [1.29, 1.82) is 0 Å². The van der Waals surface area contributed by atoms with Crippen LogP contribution in [-0.2, 0) is 0 Å². The van der Waals surface area contributed by atoms with Crippen LogP contribution in [0.3, 0.4) is 0 Å². The number of nitrogens with one attached hydrogen (secondary N) is 1. The highest BCUT2D eigenvalue weighted by Gasteiger charge is 2.21. The van der Waals surface area contributed by atoms with Gasteiger partial charge in [0.05, 0.1) is 24.7 Å². The summed E-state index contributed by atoms with van der Waals surface area (Å²) < 4.78 is 5.48. The lowest BCUT2D eigenvalue weighted by molar-refractivity contribution is 0.0914. The molecule has 144 valence electrons. The predicted octanol–water partition coefficient (Wildman–Crippen LogP) is 2.95. The number of nitrogens with zero attached hydrogens (tertiary/aromatic N) is 3. The zero-order valence-corrected chi connectivity index (χ0v) is 16.5. The van der Waals surface area contributed by atoms with Crippen LogP contribution in [0.15, 0.2) is 42.6 Å². The third kappa shape index (κ3) is 4.70. The fraction of sp³-hybridized carbons (Fsp3) is 0.429. The van der Waals surface area contributed by atoms with Crippen LogP contribution in [0.2, 0.25) is 0 Å². The summed E-state index contributed by atoms with van der Waals surface area (Å²) in [6.07, 6.45) is 1.79. The molecule has 6 nitrogen and oxygen atoms in total. The lowest BCUT2D eigenvalue weighted by atomic mass is 10.1. The van der Waals surface area contributed by atoms with Gasteiger partial charge in [-0.25, -0.2) is 4.98 Å². The SMILES string of the molecule is COc1ccccc1N1CCN(c2ccc(C(=O)NC(C)(C)C)nc2)CC1. The van der Waals surface area contributed by atoms with Crippen LogP contribution in [0.1, 0.15) is 31.3 Å². The summed E-state index contributed by atoms with van der Waals surface area (Å²) in [4.78, 5) is 21.2. The van der Waals surface area contributed by atoms with Gasteiger partial charge >= 0.3 is 0 Å². The number of anilines is 2. The molecule has 0 radical (unpaired) electrons. The molecular weight excluding hydrogens is 340 g/mol. The Morgan fingerprint density at radius 3 is 2.30 bits per heavy atom. The minimum absolute atomic E-state index is 0.143. The van der Waals surface area contributed by atoms with E-state index in [0.29, 0.717) is 5.69 Å². The van der Waals surface area contributed by atoms with E-state index in [1.54, 1.807) is 19.4 Å². The summed E-state index contributed by atoms with van der Waals surface area (Å²) in [6.45, 7) is 9.49. The first-order valence-corrected chi connectivity index (χ1v) is 9.29. The van der Waals surface area contributed by atoms with Crippen LogP contribution in [-0.4, -0.2) is 49.7 Å². The Kier molecular flexibility index (Phi) is 5.54. The molecule has 0 bridgehead atoms. The van der Waals surface area contributed by atoms with Crippen LogP contribution in [0, 0.1) is 0 Å². The van der Waals surface area contributed by atoms with Crippen molar-refractivity contribution >= 4 is 17.3 Å². The van der Waals surface area contributed by atoms with Gasteiger partial charge in [-0.3, -0.25) is 4.79 Å². The molecule has 1 saturated heterocycles. The molecule has 2 heterocycles. The number of rotatable bonds is 4. The maximum atomic E-state index is 12.2. The Morgan fingerprint density at radius 2 is 1.70 bits per heavy atom. The number of hydrogen-bond acceptors (Lipinski definition) is 5. The molecule has 2 aromatic rings. The van der Waals surface area contributed by atoms with E-state index in [9.17, 15) is 4.79 Å². The lowest BCUT2D eigenvalue weighted by Gasteiger charge is -2.37. The van der Waals surface area contributed by atoms with E-state index in [0.717, 1.165) is 43.3 Å². The number of para-hydroxylation sites is 2. The normalized spacial score (nSPS) is 14.8. The van der Waals surface area contributed by atoms with E-state index in [1.807, 2.05) is 45.0 Å². The number of carbonyl (C=O) groups excluding carboxylic acids is 1. The maximum Gasteiger partial charge on any atom is 0.270 e. The standard InChI is InChI=1S/C21H28N4O2/c1-21(2,3)23-20(26)17-10-9-16(15-22-17)24-11-13-25(14-12-24)18-7-5-6-8-19(18)27-4/h5-10,15H,11-14H2,1-4H3,(H,23,26). The van der Waals surface area contributed by atoms with Crippen molar-refractivity contribution < 1.29 is 9.53 Å². The second-order valence-electron chi connectivity index (χ2n) is 7.75. The Bertz CT molecular complexity index is 776. The zero-order chi connectivity index (χ0) is 19.4. The van der Waals surface area contributed by atoms with E-state index >= 15 is 0 Å². The Labute approximate surface area is 161 Å². The molecule has 3 rings (SSSR count). The van der Waals surface area contributed by atoms with Gasteiger partial charge in [0, 0.05) is 31.7 Å². The van der Waals surface area contributed by atoms with Gasteiger partial charge in [-0.2, -0.15) is 0 Å². The first kappa shape index (κ1) is 19.0. The highest BCUT2D eigenvalue weighted by Crippen LogP contribution is 2.29. The molecular formula is C21H28N4O2. The average molecular weight is 368 g/mol. The molecule has 1 N–H and O–H groups in total. The molecule has 0 saturated carbocycles. The average Bonchev–Trinajstić information content (AvgIpc) is 2.67. The number of pyridine rings is 1. The van der Waals surface area contributed by atoms with Crippen LogP contribution in [0.25, 0.3) is 0 Å². The van der Waals surface area contributed by atoms with Crippen molar-refractivity contribution in [2.24, 2.45) is 0 Å². The van der Waals surface area contributed by atoms with Gasteiger partial charge in [0.15, 0.2) is 0 Å². The lowest BCUT2D eigenvalue weighted by Crippen LogP contribution is -2.46. The molecule has 0 atom stereocenters. The van der Waals surface area contributed by atoms with Crippen LogP contribution in [0.4, 0.5) is 11.4 Å². The zero-order valence-electron chi connectivity index (χ0n) is 16.5. The molecule has 0 spiro atoms. The molecule has 1 aromatic carbocycles. The number of benzene rings is 1. The Morgan fingerprint density at radius 1 is 1.04 bits per heavy atom. The number of piperazine rings is 1. The summed E-state index contributed by atoms with van der Waals surface area (Å²) in [7, 11) is 1.71. The van der Waals surface area contributed by atoms with Gasteiger partial charge in [-0.15, -0.1) is 0 Å². The smallest absolute Gasteiger partial charge is 0.270 e. The van der Waals surface area contributed by atoms with E-state index in [2.05, 4.69) is 26.2 Å². The van der Waals surface area contributed by atoms with Crippen molar-refractivity contribution in [1.82, 2.24) is 10.3 Å². The molecule has 0 aliphatic carbocycles. The van der Waals surface area contributed by atoms with E-state index < -0.39 is 0 Å². The minimum Gasteiger partial charge on any atom is -0.495 e. The molecule has 1 aromatic heterocycles. The highest BCUT2D eigenvalue weighted by molar-refractivity contribution is 5.92. The van der Waals surface area contributed by atoms with Crippen molar-refractivity contribution in [3.05, 3.63) is 48.3 Å². The molecule has 1 aliphatic heterocycles. The number of hydrogen-bond donors (Lipinski definition) is 1. The first-order chi connectivity index (χ1) is 12.9. The van der Waals surface area contributed by atoms with E-state index in [-0.39, 0.29) is 11.4 Å². The second-order valence-corrected chi connectivity index (χ2v) is 7.75. The van der Waals surface area contributed by atoms with Crippen molar-refractivity contribution in [3.63, 3.8) is 0 Å². The highest BCUT2D eigenvalue weighted by atomic mass is 16.5. The van der Waals surface area contributed by atoms with E-state index in [4.69, 9.17) is 4.74 Å². The number of aromatic nitrogens is 1. The fourth-order valence-corrected chi connectivity index (χ4v) is 3.21. The van der Waals surface area contributed by atoms with Gasteiger partial charge in [-0.05, 0) is 45.0 Å². The third-order valence-electron chi connectivity index (χ3n) is 4.54. The maximum absolute atomic E-state index is 12.2. The molecule has 1 aliphatic rings. The van der Waals surface area contributed by atoms with Crippen molar-refractivity contribution in [2.45, 2.75) is 26.3 Å². The van der Waals surface area contributed by atoms with Crippen molar-refractivity contribution in [2.75, 3.05) is 43.1 Å². The van der Waals surface area contributed by atoms with Crippen molar-refractivity contribution in [3.8, 4) is 5.75 Å². The second kappa shape index (κ2) is 7.86. The molecule has 27 heavy (non-hydrogen) atoms. The van der Waals surface area contributed by atoms with E-state index in [1.165, 1.54) is 0 Å². The summed E-state index contributed by atoms with van der Waals surface area (Å²) in [6, 6.07) is 11.9.